The quantitative estimate of drug-likeness (QED) is 0.0261. The Morgan fingerprint density at radius 2 is 0.747 bits per heavy atom. The fraction of sp³-hybridized carbons (Fsp3) is 0.851. The summed E-state index contributed by atoms with van der Waals surface area (Å²) < 4.78 is 11.4. The zero-order valence-corrected chi connectivity index (χ0v) is 54.5. The molecule has 0 aromatic heterocycles. The first-order valence-corrected chi connectivity index (χ1v) is 36.0. The third kappa shape index (κ3) is 51.6. The van der Waals surface area contributed by atoms with Gasteiger partial charge in [-0.25, -0.2) is 0 Å². The van der Waals surface area contributed by atoms with E-state index >= 15 is 0 Å². The molecule has 9 nitrogen and oxygen atoms in total. The molecule has 6 N–H and O–H groups in total. The molecule has 1 fully saturated rings. The molecule has 486 valence electrons. The molecule has 1 saturated heterocycles. The maximum absolute atomic E-state index is 13.2. The second-order valence-electron chi connectivity index (χ2n) is 25.0. The van der Waals surface area contributed by atoms with Crippen molar-refractivity contribution < 1.29 is 39.8 Å². The van der Waals surface area contributed by atoms with Gasteiger partial charge < -0.3 is 40.3 Å². The maximum atomic E-state index is 13.2. The summed E-state index contributed by atoms with van der Waals surface area (Å²) in [6.07, 6.45) is 80.1. The SMILES string of the molecule is CC/C=C\C/C=C\C/C=C\C/C=C\C/C=C\CCCCCCCCCCCCCC(=O)NC(COC1OC(CO)C(O)C(O)C1O)C(O)CCCCCCCCCCCCCCCCCCCCCCCCCCCCCCCCCCC. The van der Waals surface area contributed by atoms with Crippen LogP contribution in [-0.4, -0.2) is 87.5 Å². The summed E-state index contributed by atoms with van der Waals surface area (Å²) in [5.74, 6) is -0.144. The number of carbonyl (C=O) groups is 1. The number of hydrogen-bond acceptors (Lipinski definition) is 8. The molecule has 0 aromatic carbocycles. The molecule has 0 bridgehead atoms. The lowest BCUT2D eigenvalue weighted by Crippen LogP contribution is -2.60. The Morgan fingerprint density at radius 1 is 0.422 bits per heavy atom. The van der Waals surface area contributed by atoms with Gasteiger partial charge in [0.05, 0.1) is 25.4 Å². The summed E-state index contributed by atoms with van der Waals surface area (Å²) in [5.41, 5.74) is 0. The first-order chi connectivity index (χ1) is 40.8. The maximum Gasteiger partial charge on any atom is 0.220 e. The highest BCUT2D eigenvalue weighted by Gasteiger charge is 2.44. The molecule has 1 rings (SSSR count). The highest BCUT2D eigenvalue weighted by Crippen LogP contribution is 2.24. The molecule has 1 aliphatic heterocycles. The lowest BCUT2D eigenvalue weighted by Gasteiger charge is -2.40. The van der Waals surface area contributed by atoms with Crippen molar-refractivity contribution >= 4 is 5.91 Å². The Kier molecular flexibility index (Phi) is 59.8. The van der Waals surface area contributed by atoms with Crippen LogP contribution in [0.2, 0.25) is 0 Å². The van der Waals surface area contributed by atoms with Gasteiger partial charge in [0.15, 0.2) is 6.29 Å². The molecule has 0 aromatic rings. The number of aliphatic hydroxyl groups excluding tert-OH is 5. The zero-order valence-electron chi connectivity index (χ0n) is 54.5. The Bertz CT molecular complexity index is 1500. The van der Waals surface area contributed by atoms with Gasteiger partial charge in [-0.05, 0) is 57.8 Å². The third-order valence-corrected chi connectivity index (χ3v) is 17.1. The van der Waals surface area contributed by atoms with Crippen LogP contribution in [0.3, 0.4) is 0 Å². The second kappa shape index (κ2) is 62.9. The van der Waals surface area contributed by atoms with E-state index in [0.717, 1.165) is 70.6 Å². The van der Waals surface area contributed by atoms with E-state index in [-0.39, 0.29) is 12.5 Å². The fourth-order valence-corrected chi connectivity index (χ4v) is 11.5. The Labute approximate surface area is 513 Å². The molecule has 9 heteroatoms. The van der Waals surface area contributed by atoms with Crippen molar-refractivity contribution in [2.75, 3.05) is 13.2 Å². The van der Waals surface area contributed by atoms with Gasteiger partial charge in [0, 0.05) is 6.42 Å². The van der Waals surface area contributed by atoms with E-state index in [1.807, 2.05) is 0 Å². The van der Waals surface area contributed by atoms with Gasteiger partial charge in [-0.15, -0.1) is 0 Å². The van der Waals surface area contributed by atoms with E-state index in [2.05, 4.69) is 79.9 Å². The summed E-state index contributed by atoms with van der Waals surface area (Å²) >= 11 is 0. The van der Waals surface area contributed by atoms with Crippen molar-refractivity contribution in [1.82, 2.24) is 5.32 Å². The summed E-state index contributed by atoms with van der Waals surface area (Å²) in [6.45, 7) is 3.77. The van der Waals surface area contributed by atoms with Crippen molar-refractivity contribution in [3.63, 3.8) is 0 Å². The molecule has 1 amide bonds. The minimum absolute atomic E-state index is 0.139. The van der Waals surface area contributed by atoms with Gasteiger partial charge in [-0.3, -0.25) is 4.79 Å². The van der Waals surface area contributed by atoms with Crippen LogP contribution in [0.25, 0.3) is 0 Å². The fourth-order valence-electron chi connectivity index (χ4n) is 11.5. The number of unbranched alkanes of at least 4 members (excludes halogenated alkanes) is 43. The van der Waals surface area contributed by atoms with E-state index in [1.54, 1.807) is 0 Å². The summed E-state index contributed by atoms with van der Waals surface area (Å²) in [5, 5.41) is 55.0. The van der Waals surface area contributed by atoms with Crippen LogP contribution >= 0.6 is 0 Å². The highest BCUT2D eigenvalue weighted by atomic mass is 16.7. The smallest absolute Gasteiger partial charge is 0.220 e. The average Bonchev–Trinajstić information content (AvgIpc) is 3.60. The van der Waals surface area contributed by atoms with Gasteiger partial charge >= 0.3 is 0 Å². The topological polar surface area (TPSA) is 149 Å². The van der Waals surface area contributed by atoms with Crippen LogP contribution in [0, 0.1) is 0 Å². The lowest BCUT2D eigenvalue weighted by atomic mass is 9.99. The van der Waals surface area contributed by atoms with Crippen molar-refractivity contribution in [1.29, 1.82) is 0 Å². The lowest BCUT2D eigenvalue weighted by molar-refractivity contribution is -0.302. The van der Waals surface area contributed by atoms with Crippen LogP contribution < -0.4 is 5.32 Å². The van der Waals surface area contributed by atoms with Crippen LogP contribution in [0.5, 0.6) is 0 Å². The second-order valence-corrected chi connectivity index (χ2v) is 25.0. The Morgan fingerprint density at radius 3 is 1.11 bits per heavy atom. The standard InChI is InChI=1S/C74H137NO8/c1-3-5-7-9-11-13-15-17-19-21-23-25-27-29-31-32-33-34-35-36-38-39-41-43-45-47-49-51-53-55-57-59-61-63-68(77)67(66-82-74-73(81)72(80)71(79)69(65-76)83-74)75-70(78)64-62-60-58-56-54-52-50-48-46-44-42-40-37-30-28-26-24-22-20-18-16-14-12-10-8-6-4-2/h6,8,12,14,18,20,24,26,30,37,67-69,71-74,76-77,79-81H,3-5,7,9-11,13,15-17,19,21-23,25,27-29,31-36,38-66H2,1-2H3,(H,75,78)/b8-6-,14-12-,20-18-,26-24-,37-30-. The number of aliphatic hydroxyl groups is 5. The van der Waals surface area contributed by atoms with Gasteiger partial charge in [0.2, 0.25) is 5.91 Å². The largest absolute Gasteiger partial charge is 0.394 e. The average molecular weight is 1170 g/mol. The van der Waals surface area contributed by atoms with E-state index < -0.39 is 49.5 Å². The predicted octanol–water partition coefficient (Wildman–Crippen LogP) is 19.8. The number of rotatable bonds is 63. The number of hydrogen-bond donors (Lipinski definition) is 6. The summed E-state index contributed by atoms with van der Waals surface area (Å²) in [6, 6.07) is -0.726. The molecule has 0 aliphatic carbocycles. The predicted molar refractivity (Wildman–Crippen MR) is 355 cm³/mol. The molecular formula is C74H137NO8. The third-order valence-electron chi connectivity index (χ3n) is 17.1. The Balaban J connectivity index is 2.10. The van der Waals surface area contributed by atoms with E-state index in [0.29, 0.717) is 12.8 Å². The molecule has 7 atom stereocenters. The number of amides is 1. The molecule has 1 aliphatic rings. The van der Waals surface area contributed by atoms with Crippen molar-refractivity contribution in [2.24, 2.45) is 0 Å². The van der Waals surface area contributed by atoms with E-state index in [9.17, 15) is 30.3 Å². The minimum atomic E-state index is -1.56. The minimum Gasteiger partial charge on any atom is -0.394 e. The van der Waals surface area contributed by atoms with Gasteiger partial charge in [0.25, 0.3) is 0 Å². The van der Waals surface area contributed by atoms with E-state index in [4.69, 9.17) is 9.47 Å². The van der Waals surface area contributed by atoms with Gasteiger partial charge in [-0.2, -0.15) is 0 Å². The first-order valence-electron chi connectivity index (χ1n) is 36.0. The summed E-state index contributed by atoms with van der Waals surface area (Å²) in [4.78, 5) is 13.2. The normalized spacial score (nSPS) is 18.6. The van der Waals surface area contributed by atoms with Crippen LogP contribution in [0.4, 0.5) is 0 Å². The molecule has 0 spiro atoms. The number of ether oxygens (including phenoxy) is 2. The van der Waals surface area contributed by atoms with Crippen LogP contribution in [0.15, 0.2) is 60.8 Å². The first kappa shape index (κ1) is 78.9. The highest BCUT2D eigenvalue weighted by molar-refractivity contribution is 5.76. The molecule has 1 heterocycles. The van der Waals surface area contributed by atoms with Crippen LogP contribution in [0.1, 0.15) is 348 Å². The molecule has 0 saturated carbocycles. The zero-order chi connectivity index (χ0) is 60.0. The van der Waals surface area contributed by atoms with E-state index in [1.165, 1.54) is 250 Å². The number of carbonyl (C=O) groups excluding carboxylic acids is 1. The summed E-state index contributed by atoms with van der Waals surface area (Å²) in [7, 11) is 0. The van der Waals surface area contributed by atoms with Crippen molar-refractivity contribution in [3.05, 3.63) is 60.8 Å². The van der Waals surface area contributed by atoms with Crippen molar-refractivity contribution in [2.45, 2.75) is 391 Å². The molecule has 83 heavy (non-hydrogen) atoms. The molecule has 7 unspecified atom stereocenters. The van der Waals surface area contributed by atoms with Crippen molar-refractivity contribution in [3.8, 4) is 0 Å². The van der Waals surface area contributed by atoms with Crippen LogP contribution in [-0.2, 0) is 14.3 Å². The number of nitrogens with one attached hydrogen (secondary N) is 1. The number of allylic oxidation sites excluding steroid dienone is 10. The Hall–Kier alpha value is -2.11. The van der Waals surface area contributed by atoms with Gasteiger partial charge in [-0.1, -0.05) is 344 Å². The monoisotopic (exact) mass is 1170 g/mol. The molecule has 0 radical (unpaired) electrons. The molecular weight excluding hydrogens is 1030 g/mol. The van der Waals surface area contributed by atoms with Gasteiger partial charge in [0.1, 0.15) is 24.4 Å².